The van der Waals surface area contributed by atoms with E-state index in [1.54, 1.807) is 28.9 Å². The molecule has 172 valence electrons. The van der Waals surface area contributed by atoms with Crippen molar-refractivity contribution in [2.75, 3.05) is 11.9 Å². The zero-order chi connectivity index (χ0) is 24.2. The van der Waals surface area contributed by atoms with Gasteiger partial charge in [0, 0.05) is 11.6 Å². The molecule has 0 spiro atoms. The summed E-state index contributed by atoms with van der Waals surface area (Å²) in [5.74, 6) is -0.770. The number of anilines is 1. The summed E-state index contributed by atoms with van der Waals surface area (Å²) in [6, 6.07) is 26.4. The van der Waals surface area contributed by atoms with Crippen molar-refractivity contribution in [3.8, 4) is 16.9 Å². The first-order valence-electron chi connectivity index (χ1n) is 11.0. The summed E-state index contributed by atoms with van der Waals surface area (Å²) in [6.45, 7) is 1.54. The van der Waals surface area contributed by atoms with E-state index in [1.165, 1.54) is 6.20 Å². The maximum Gasteiger partial charge on any atom is 0.359 e. The minimum Gasteiger partial charge on any atom is -0.451 e. The maximum absolute atomic E-state index is 12.7. The van der Waals surface area contributed by atoms with Crippen LogP contribution in [0.15, 0.2) is 91.1 Å². The van der Waals surface area contributed by atoms with Crippen LogP contribution < -0.4 is 5.32 Å². The molecule has 5 rings (SSSR count). The number of amides is 1. The molecule has 0 radical (unpaired) electrons. The van der Waals surface area contributed by atoms with E-state index in [2.05, 4.69) is 20.4 Å². The predicted molar refractivity (Wildman–Crippen MR) is 132 cm³/mol. The smallest absolute Gasteiger partial charge is 0.359 e. The van der Waals surface area contributed by atoms with Crippen LogP contribution in [0.4, 0.5) is 5.82 Å². The van der Waals surface area contributed by atoms with E-state index in [0.29, 0.717) is 22.5 Å². The van der Waals surface area contributed by atoms with Gasteiger partial charge in [0.15, 0.2) is 12.3 Å². The average Bonchev–Trinajstić information content (AvgIpc) is 3.31. The highest BCUT2D eigenvalue weighted by Crippen LogP contribution is 2.25. The molecule has 1 amide bonds. The van der Waals surface area contributed by atoms with Crippen LogP contribution in [-0.4, -0.2) is 38.2 Å². The van der Waals surface area contributed by atoms with Crippen molar-refractivity contribution in [2.24, 2.45) is 0 Å². The molecule has 5 aromatic rings. The zero-order valence-electron chi connectivity index (χ0n) is 18.9. The van der Waals surface area contributed by atoms with E-state index in [0.717, 1.165) is 16.8 Å². The summed E-state index contributed by atoms with van der Waals surface area (Å²) in [5, 5.41) is 7.48. The van der Waals surface area contributed by atoms with Gasteiger partial charge in [0.25, 0.3) is 5.91 Å². The molecule has 0 unspecified atom stereocenters. The van der Waals surface area contributed by atoms with Gasteiger partial charge in [-0.3, -0.25) is 9.78 Å². The monoisotopic (exact) mass is 463 g/mol. The van der Waals surface area contributed by atoms with Crippen molar-refractivity contribution >= 4 is 28.7 Å². The summed E-state index contributed by atoms with van der Waals surface area (Å²) in [4.78, 5) is 33.6. The molecule has 8 heteroatoms. The molecule has 0 fully saturated rings. The van der Waals surface area contributed by atoms with Crippen LogP contribution in [-0.2, 0) is 9.53 Å². The van der Waals surface area contributed by atoms with Gasteiger partial charge in [-0.1, -0.05) is 60.2 Å². The summed E-state index contributed by atoms with van der Waals surface area (Å²) < 4.78 is 6.82. The van der Waals surface area contributed by atoms with Gasteiger partial charge in [-0.05, 0) is 31.2 Å². The Balaban J connectivity index is 1.33. The van der Waals surface area contributed by atoms with E-state index in [1.807, 2.05) is 67.6 Å². The van der Waals surface area contributed by atoms with Gasteiger partial charge in [-0.25, -0.2) is 14.5 Å². The fraction of sp³-hybridized carbons (Fsp3) is 0.0741. The number of para-hydroxylation sites is 3. The lowest BCUT2D eigenvalue weighted by Crippen LogP contribution is -2.22. The molecule has 8 nitrogen and oxygen atoms in total. The van der Waals surface area contributed by atoms with Crippen molar-refractivity contribution in [1.29, 1.82) is 0 Å². The molecule has 0 aliphatic heterocycles. The lowest BCUT2D eigenvalue weighted by atomic mass is 10.1. The van der Waals surface area contributed by atoms with Crippen molar-refractivity contribution < 1.29 is 14.3 Å². The van der Waals surface area contributed by atoms with Gasteiger partial charge < -0.3 is 10.1 Å². The third-order valence-corrected chi connectivity index (χ3v) is 5.32. The van der Waals surface area contributed by atoms with Crippen LogP contribution in [0.25, 0.3) is 28.0 Å². The minimum absolute atomic E-state index is 0.0347. The summed E-state index contributed by atoms with van der Waals surface area (Å²) in [5.41, 5.74) is 4.82. The van der Waals surface area contributed by atoms with Crippen LogP contribution in [0.3, 0.4) is 0 Å². The number of hydrogen-bond donors (Lipinski definition) is 1. The Morgan fingerprint density at radius 1 is 0.914 bits per heavy atom. The SMILES string of the molecule is Cc1ccc(-c2cc(NC(=O)COC(=O)c3cnc4ccccc4n3)n(-c3ccccc3)n2)cc1. The Bertz CT molecular complexity index is 1510. The van der Waals surface area contributed by atoms with Crippen molar-refractivity contribution in [1.82, 2.24) is 19.7 Å². The highest BCUT2D eigenvalue weighted by molar-refractivity contribution is 5.95. The normalized spacial score (nSPS) is 10.8. The van der Waals surface area contributed by atoms with Gasteiger partial charge in [0.05, 0.1) is 28.6 Å². The summed E-state index contributed by atoms with van der Waals surface area (Å²) >= 11 is 0. The number of aryl methyl sites for hydroxylation is 1. The third kappa shape index (κ3) is 4.91. The molecule has 0 aliphatic carbocycles. The zero-order valence-corrected chi connectivity index (χ0v) is 18.9. The highest BCUT2D eigenvalue weighted by atomic mass is 16.5. The van der Waals surface area contributed by atoms with E-state index in [4.69, 9.17) is 4.74 Å². The molecule has 2 aromatic heterocycles. The molecule has 1 N–H and O–H groups in total. The Labute approximate surface area is 201 Å². The Kier molecular flexibility index (Phi) is 6.00. The molecule has 0 atom stereocenters. The van der Waals surface area contributed by atoms with E-state index < -0.39 is 18.5 Å². The number of ether oxygens (including phenoxy) is 1. The number of carbonyl (C=O) groups is 2. The Morgan fingerprint density at radius 3 is 2.40 bits per heavy atom. The predicted octanol–water partition coefficient (Wildman–Crippen LogP) is 4.59. The number of fused-ring (bicyclic) bond motifs is 1. The van der Waals surface area contributed by atoms with Crippen molar-refractivity contribution in [3.05, 3.63) is 102 Å². The highest BCUT2D eigenvalue weighted by Gasteiger charge is 2.17. The first-order chi connectivity index (χ1) is 17.1. The Hall–Kier alpha value is -4.85. The molecular weight excluding hydrogens is 442 g/mol. The van der Waals surface area contributed by atoms with Crippen LogP contribution in [0, 0.1) is 6.92 Å². The van der Waals surface area contributed by atoms with Crippen LogP contribution >= 0.6 is 0 Å². The number of nitrogens with one attached hydrogen (secondary N) is 1. The Morgan fingerprint density at radius 2 is 1.63 bits per heavy atom. The second-order valence-electron chi connectivity index (χ2n) is 7.90. The number of aromatic nitrogens is 4. The molecule has 35 heavy (non-hydrogen) atoms. The lowest BCUT2D eigenvalue weighted by Gasteiger charge is -2.09. The first-order valence-corrected chi connectivity index (χ1v) is 11.0. The molecular formula is C27H21N5O3. The van der Waals surface area contributed by atoms with Crippen LogP contribution in [0.1, 0.15) is 16.1 Å². The van der Waals surface area contributed by atoms with Gasteiger partial charge >= 0.3 is 5.97 Å². The van der Waals surface area contributed by atoms with Gasteiger partial charge in [-0.15, -0.1) is 0 Å². The standard InChI is InChI=1S/C27H21N5O3/c1-18-11-13-19(14-12-18)23-15-25(32(31-23)20-7-3-2-4-8-20)30-26(33)17-35-27(34)24-16-28-21-9-5-6-10-22(21)29-24/h2-16H,17H2,1H3,(H,30,33). The second kappa shape index (κ2) is 9.56. The molecule has 2 heterocycles. The third-order valence-electron chi connectivity index (χ3n) is 5.32. The lowest BCUT2D eigenvalue weighted by molar-refractivity contribution is -0.119. The average molecular weight is 463 g/mol. The first kappa shape index (κ1) is 22.0. The molecule has 0 saturated carbocycles. The second-order valence-corrected chi connectivity index (χ2v) is 7.90. The van der Waals surface area contributed by atoms with Crippen molar-refractivity contribution in [3.63, 3.8) is 0 Å². The van der Waals surface area contributed by atoms with Crippen LogP contribution in [0.2, 0.25) is 0 Å². The molecule has 0 bridgehead atoms. The van der Waals surface area contributed by atoms with Gasteiger partial charge in [0.1, 0.15) is 5.82 Å². The van der Waals surface area contributed by atoms with E-state index in [9.17, 15) is 9.59 Å². The number of benzene rings is 3. The van der Waals surface area contributed by atoms with E-state index in [-0.39, 0.29) is 5.69 Å². The number of hydrogen-bond acceptors (Lipinski definition) is 6. The number of rotatable bonds is 6. The quantitative estimate of drug-likeness (QED) is 0.370. The number of esters is 1. The summed E-state index contributed by atoms with van der Waals surface area (Å²) in [6.07, 6.45) is 1.33. The number of nitrogens with zero attached hydrogens (tertiary/aromatic N) is 4. The fourth-order valence-corrected chi connectivity index (χ4v) is 3.54. The fourth-order valence-electron chi connectivity index (χ4n) is 3.54. The topological polar surface area (TPSA) is 99.0 Å². The van der Waals surface area contributed by atoms with E-state index >= 15 is 0 Å². The van der Waals surface area contributed by atoms with Gasteiger partial charge in [-0.2, -0.15) is 5.10 Å². The van der Waals surface area contributed by atoms with Gasteiger partial charge in [0.2, 0.25) is 0 Å². The maximum atomic E-state index is 12.7. The molecule has 0 saturated heterocycles. The van der Waals surface area contributed by atoms with Crippen LogP contribution in [0.5, 0.6) is 0 Å². The number of carbonyl (C=O) groups excluding carboxylic acids is 2. The van der Waals surface area contributed by atoms with Crippen molar-refractivity contribution in [2.45, 2.75) is 6.92 Å². The largest absolute Gasteiger partial charge is 0.451 e. The summed E-state index contributed by atoms with van der Waals surface area (Å²) in [7, 11) is 0. The molecule has 3 aromatic carbocycles. The minimum atomic E-state index is -0.727. The molecule has 0 aliphatic rings.